The van der Waals surface area contributed by atoms with Gasteiger partial charge in [-0.15, -0.1) is 0 Å². The average molecular weight is 382 g/mol. The van der Waals surface area contributed by atoms with Crippen LogP contribution in [-0.4, -0.2) is 35.5 Å². The van der Waals surface area contributed by atoms with Gasteiger partial charge in [-0.2, -0.15) is 13.2 Å². The van der Waals surface area contributed by atoms with Crippen LogP contribution in [0.4, 0.5) is 13.2 Å². The van der Waals surface area contributed by atoms with Crippen molar-refractivity contribution in [2.45, 2.75) is 37.6 Å². The molecule has 7 heteroatoms. The lowest BCUT2D eigenvalue weighted by Gasteiger charge is -2.13. The van der Waals surface area contributed by atoms with Gasteiger partial charge in [0.15, 0.2) is 0 Å². The summed E-state index contributed by atoms with van der Waals surface area (Å²) in [5.74, 6) is 4.97. The van der Waals surface area contributed by atoms with Crippen molar-refractivity contribution >= 4 is 5.97 Å². The topological polar surface area (TPSA) is 66.8 Å². The molecular formula is C20H21F3O4. The molecule has 27 heavy (non-hydrogen) atoms. The molecule has 0 spiro atoms. The van der Waals surface area contributed by atoms with E-state index in [-0.39, 0.29) is 18.8 Å². The van der Waals surface area contributed by atoms with Crippen LogP contribution in [0.5, 0.6) is 0 Å². The minimum Gasteiger partial charge on any atom is -0.469 e. The largest absolute Gasteiger partial charge is 0.469 e. The van der Waals surface area contributed by atoms with Crippen molar-refractivity contribution in [2.75, 3.05) is 7.11 Å². The molecule has 0 saturated carbocycles. The molecule has 0 amide bonds. The van der Waals surface area contributed by atoms with Crippen molar-refractivity contribution in [1.29, 1.82) is 0 Å². The average Bonchev–Trinajstić information content (AvgIpc) is 2.63. The number of aliphatic hydroxyl groups excluding tert-OH is 2. The summed E-state index contributed by atoms with van der Waals surface area (Å²) in [5.41, 5.74) is -0.289. The molecule has 0 aliphatic rings. The predicted molar refractivity (Wildman–Crippen MR) is 94.5 cm³/mol. The van der Waals surface area contributed by atoms with Crippen molar-refractivity contribution in [2.24, 2.45) is 0 Å². The maximum Gasteiger partial charge on any atom is 0.416 e. The molecule has 0 aromatic heterocycles. The third-order valence-corrected chi connectivity index (χ3v) is 3.53. The molecule has 0 heterocycles. The molecular weight excluding hydrogens is 361 g/mol. The third kappa shape index (κ3) is 9.08. The van der Waals surface area contributed by atoms with E-state index < -0.39 is 23.9 Å². The van der Waals surface area contributed by atoms with E-state index in [1.807, 2.05) is 0 Å². The molecule has 0 bridgehead atoms. The van der Waals surface area contributed by atoms with Gasteiger partial charge in [0.1, 0.15) is 0 Å². The highest BCUT2D eigenvalue weighted by molar-refractivity contribution is 5.68. The number of rotatable bonds is 7. The number of hydrogen-bond acceptors (Lipinski definition) is 4. The van der Waals surface area contributed by atoms with Crippen LogP contribution in [0.2, 0.25) is 0 Å². The Balaban J connectivity index is 2.43. The Kier molecular flexibility index (Phi) is 9.34. The molecule has 1 aromatic carbocycles. The van der Waals surface area contributed by atoms with E-state index in [0.717, 1.165) is 12.1 Å². The van der Waals surface area contributed by atoms with Gasteiger partial charge in [0, 0.05) is 12.0 Å². The zero-order valence-corrected chi connectivity index (χ0v) is 14.7. The van der Waals surface area contributed by atoms with Crippen LogP contribution in [0, 0.1) is 11.8 Å². The number of carbonyl (C=O) groups excluding carboxylic acids is 1. The van der Waals surface area contributed by atoms with Gasteiger partial charge in [0.25, 0.3) is 0 Å². The molecule has 0 radical (unpaired) electrons. The van der Waals surface area contributed by atoms with Crippen LogP contribution in [0.1, 0.15) is 30.4 Å². The lowest BCUT2D eigenvalue weighted by molar-refractivity contribution is -0.141. The number of allylic oxidation sites excluding steroid dienone is 3. The zero-order chi connectivity index (χ0) is 20.3. The standard InChI is InChI=1S/C20H21F3O4/c1-27-19(26)10-6-9-18(25)17(24)8-5-3-2-4-7-15-11-13-16(14-12-15)20(21,22)23/h2-3,5,8,11-14,17-18,24-25H,6,9-10H2,1H3/b3-2+,8-5+/t17-,18+/m1/s1. The molecule has 1 rings (SSSR count). The molecule has 0 aliphatic heterocycles. The Hall–Kier alpha value is -2.56. The second kappa shape index (κ2) is 11.2. The molecule has 2 N–H and O–H groups in total. The number of halogens is 3. The number of ether oxygens (including phenoxy) is 1. The fourth-order valence-electron chi connectivity index (χ4n) is 2.01. The quantitative estimate of drug-likeness (QED) is 0.432. The van der Waals surface area contributed by atoms with Crippen LogP contribution in [-0.2, 0) is 15.7 Å². The summed E-state index contributed by atoms with van der Waals surface area (Å²) in [6.07, 6.45) is 0.212. The molecule has 146 valence electrons. The number of carbonyl (C=O) groups is 1. The Morgan fingerprint density at radius 2 is 1.89 bits per heavy atom. The Morgan fingerprint density at radius 3 is 2.48 bits per heavy atom. The minimum atomic E-state index is -4.37. The summed E-state index contributed by atoms with van der Waals surface area (Å²) in [6, 6.07) is 4.50. The Bertz CT molecular complexity index is 709. The maximum atomic E-state index is 12.4. The monoisotopic (exact) mass is 382 g/mol. The predicted octanol–water partition coefficient (Wildman–Crippen LogP) is 3.23. The van der Waals surface area contributed by atoms with Crippen LogP contribution in [0.3, 0.4) is 0 Å². The van der Waals surface area contributed by atoms with Crippen LogP contribution in [0.15, 0.2) is 48.6 Å². The fourth-order valence-corrected chi connectivity index (χ4v) is 2.01. The van der Waals surface area contributed by atoms with E-state index in [1.54, 1.807) is 0 Å². The van der Waals surface area contributed by atoms with E-state index in [2.05, 4.69) is 16.6 Å². The van der Waals surface area contributed by atoms with Crippen molar-refractivity contribution in [1.82, 2.24) is 0 Å². The summed E-state index contributed by atoms with van der Waals surface area (Å²) in [6.45, 7) is 0. The molecule has 2 atom stereocenters. The van der Waals surface area contributed by atoms with Gasteiger partial charge in [0.2, 0.25) is 0 Å². The second-order valence-electron chi connectivity index (χ2n) is 5.61. The van der Waals surface area contributed by atoms with Crippen molar-refractivity contribution in [3.63, 3.8) is 0 Å². The van der Waals surface area contributed by atoms with E-state index in [4.69, 9.17) is 0 Å². The minimum absolute atomic E-state index is 0.170. The molecule has 0 aliphatic carbocycles. The van der Waals surface area contributed by atoms with Gasteiger partial charge in [-0.25, -0.2) is 0 Å². The molecule has 4 nitrogen and oxygen atoms in total. The van der Waals surface area contributed by atoms with Gasteiger partial charge >= 0.3 is 12.1 Å². The highest BCUT2D eigenvalue weighted by Crippen LogP contribution is 2.28. The van der Waals surface area contributed by atoms with Crippen molar-refractivity contribution < 1.29 is 32.9 Å². The lowest BCUT2D eigenvalue weighted by Crippen LogP contribution is -2.23. The Morgan fingerprint density at radius 1 is 1.22 bits per heavy atom. The number of alkyl halides is 3. The zero-order valence-electron chi connectivity index (χ0n) is 14.7. The van der Waals surface area contributed by atoms with Crippen LogP contribution in [0.25, 0.3) is 0 Å². The SMILES string of the molecule is COC(=O)CCC[C@H](O)[C@H](O)/C=C/C=C/C#Cc1ccc(C(F)(F)F)cc1. The molecule has 1 aromatic rings. The van der Waals surface area contributed by atoms with Gasteiger partial charge in [-0.1, -0.05) is 30.1 Å². The van der Waals surface area contributed by atoms with E-state index in [9.17, 15) is 28.2 Å². The van der Waals surface area contributed by atoms with E-state index in [1.165, 1.54) is 43.5 Å². The van der Waals surface area contributed by atoms with Crippen LogP contribution < -0.4 is 0 Å². The number of methoxy groups -OCH3 is 1. The van der Waals surface area contributed by atoms with Gasteiger partial charge in [0.05, 0.1) is 24.9 Å². The van der Waals surface area contributed by atoms with Crippen molar-refractivity contribution in [3.05, 3.63) is 59.7 Å². The van der Waals surface area contributed by atoms with Gasteiger partial charge in [-0.05, 0) is 43.2 Å². The Labute approximate surface area is 156 Å². The van der Waals surface area contributed by atoms with Crippen LogP contribution >= 0.6 is 0 Å². The fraction of sp³-hybridized carbons (Fsp3) is 0.350. The van der Waals surface area contributed by atoms with E-state index in [0.29, 0.717) is 12.0 Å². The van der Waals surface area contributed by atoms with Gasteiger partial charge < -0.3 is 14.9 Å². The lowest BCUT2D eigenvalue weighted by atomic mass is 10.1. The summed E-state index contributed by atoms with van der Waals surface area (Å²) >= 11 is 0. The normalized spacial score (nSPS) is 14.0. The smallest absolute Gasteiger partial charge is 0.416 e. The second-order valence-corrected chi connectivity index (χ2v) is 5.61. The third-order valence-electron chi connectivity index (χ3n) is 3.53. The summed E-state index contributed by atoms with van der Waals surface area (Å²) in [5, 5.41) is 19.5. The molecule has 0 saturated heterocycles. The number of benzene rings is 1. The summed E-state index contributed by atoms with van der Waals surface area (Å²) in [4.78, 5) is 10.9. The highest BCUT2D eigenvalue weighted by Gasteiger charge is 2.29. The first-order valence-electron chi connectivity index (χ1n) is 8.19. The highest BCUT2D eigenvalue weighted by atomic mass is 19.4. The first-order valence-corrected chi connectivity index (χ1v) is 8.19. The van der Waals surface area contributed by atoms with Crippen molar-refractivity contribution in [3.8, 4) is 11.8 Å². The number of aliphatic hydroxyl groups is 2. The summed E-state index contributed by atoms with van der Waals surface area (Å²) < 4.78 is 41.8. The maximum absolute atomic E-state index is 12.4. The number of esters is 1. The first-order chi connectivity index (χ1) is 12.7. The molecule has 0 fully saturated rings. The summed E-state index contributed by atoms with van der Waals surface area (Å²) in [7, 11) is 1.28. The first kappa shape index (κ1) is 22.5. The number of hydrogen-bond donors (Lipinski definition) is 2. The molecule has 0 unspecified atom stereocenters. The van der Waals surface area contributed by atoms with Gasteiger partial charge in [-0.3, -0.25) is 4.79 Å². The van der Waals surface area contributed by atoms with E-state index >= 15 is 0 Å².